The Morgan fingerprint density at radius 2 is 1.15 bits per heavy atom. The maximum absolute atomic E-state index is 5.25. The molecule has 0 saturated carbocycles. The molecule has 5 aromatic carbocycles. The van der Waals surface area contributed by atoms with Gasteiger partial charge in [0, 0.05) is 16.9 Å². The van der Waals surface area contributed by atoms with E-state index in [0.29, 0.717) is 17.8 Å². The zero-order valence-electron chi connectivity index (χ0n) is 21.2. The van der Waals surface area contributed by atoms with Gasteiger partial charge in [-0.05, 0) is 64.0 Å². The Kier molecular flexibility index (Phi) is 6.65. The minimum absolute atomic E-state index is 0.292. The fourth-order valence-corrected chi connectivity index (χ4v) is 4.33. The van der Waals surface area contributed by atoms with Crippen molar-refractivity contribution in [2.45, 2.75) is 0 Å². The van der Waals surface area contributed by atoms with E-state index in [4.69, 9.17) is 4.74 Å². The van der Waals surface area contributed by atoms with Crippen molar-refractivity contribution in [2.75, 3.05) is 23.2 Å². The summed E-state index contributed by atoms with van der Waals surface area (Å²) in [5.74, 6) is 1.79. The summed E-state index contributed by atoms with van der Waals surface area (Å²) < 4.78 is 5.25. The molecule has 0 aliphatic rings. The smallest absolute Gasteiger partial charge is 0.250 e. The summed E-state index contributed by atoms with van der Waals surface area (Å²) in [4.78, 5) is 13.6. The molecule has 0 amide bonds. The van der Waals surface area contributed by atoms with E-state index >= 15 is 0 Å². The Hall–Kier alpha value is -5.50. The molecule has 0 aliphatic heterocycles. The second-order valence-electron chi connectivity index (χ2n) is 8.75. The molecule has 0 aliphatic carbocycles. The fraction of sp³-hybridized carbons (Fsp3) is 0.0323. The molecule has 0 atom stereocenters. The summed E-state index contributed by atoms with van der Waals surface area (Å²) in [5, 5.41) is 15.5. The molecule has 0 radical (unpaired) electrons. The number of anilines is 5. The summed E-state index contributed by atoms with van der Waals surface area (Å²) in [5.41, 5.74) is 5.69. The second kappa shape index (κ2) is 10.9. The van der Waals surface area contributed by atoms with Crippen LogP contribution in [0.1, 0.15) is 5.56 Å². The monoisotopic (exact) mass is 511 g/mol. The van der Waals surface area contributed by atoms with Crippen molar-refractivity contribution in [3.05, 3.63) is 115 Å². The first-order valence-electron chi connectivity index (χ1n) is 12.4. The lowest BCUT2D eigenvalue weighted by molar-refractivity contribution is 0.415. The normalized spacial score (nSPS) is 11.1. The van der Waals surface area contributed by atoms with Gasteiger partial charge >= 0.3 is 0 Å². The fourth-order valence-electron chi connectivity index (χ4n) is 4.33. The maximum atomic E-state index is 5.25. The van der Waals surface area contributed by atoms with Gasteiger partial charge in [-0.1, -0.05) is 66.7 Å². The van der Waals surface area contributed by atoms with Gasteiger partial charge in [0.25, 0.3) is 0 Å². The number of hydrogen-bond donors (Lipinski definition) is 3. The van der Waals surface area contributed by atoms with Crippen LogP contribution in [0.4, 0.5) is 29.2 Å². The van der Waals surface area contributed by atoms with Gasteiger partial charge in [-0.25, -0.2) is 5.43 Å². The highest BCUT2D eigenvalue weighted by molar-refractivity contribution is 6.13. The van der Waals surface area contributed by atoms with Gasteiger partial charge in [0.2, 0.25) is 17.8 Å². The quantitative estimate of drug-likeness (QED) is 0.114. The first-order valence-corrected chi connectivity index (χ1v) is 12.4. The Morgan fingerprint density at radius 3 is 1.77 bits per heavy atom. The van der Waals surface area contributed by atoms with Crippen molar-refractivity contribution in [1.82, 2.24) is 15.0 Å². The molecular weight excluding hydrogens is 486 g/mol. The van der Waals surface area contributed by atoms with Crippen molar-refractivity contribution < 1.29 is 4.74 Å². The molecule has 39 heavy (non-hydrogen) atoms. The molecule has 190 valence electrons. The highest BCUT2D eigenvalue weighted by Gasteiger charge is 2.09. The van der Waals surface area contributed by atoms with E-state index < -0.39 is 0 Å². The van der Waals surface area contributed by atoms with Gasteiger partial charge in [0.15, 0.2) is 0 Å². The third-order valence-electron chi connectivity index (χ3n) is 6.18. The topological polar surface area (TPSA) is 96.4 Å². The number of methoxy groups -OCH3 is 1. The SMILES string of the molecule is COc1ccc(Nc2nc(NN=Cc3c4ccccc4cc4ccccc34)nc(Nc3ccccc3)n2)cc1. The number of rotatable bonds is 8. The number of ether oxygens (including phenoxy) is 1. The standard InChI is InChI=1S/C31H25N7O/c1-39-25-17-15-24(16-18-25)34-30-35-29(33-23-11-3-2-4-12-23)36-31(37-30)38-32-20-28-26-13-7-5-9-21(26)19-22-10-6-8-14-27(22)28/h2-20H,1H3,(H3,33,34,35,36,37,38). The number of hydrogen-bond acceptors (Lipinski definition) is 8. The number of fused-ring (bicyclic) bond motifs is 2. The minimum atomic E-state index is 0.292. The molecule has 1 aromatic heterocycles. The molecule has 0 bridgehead atoms. The number of para-hydroxylation sites is 1. The summed E-state index contributed by atoms with van der Waals surface area (Å²) in [6, 6.07) is 36.0. The zero-order valence-corrected chi connectivity index (χ0v) is 21.2. The molecule has 6 rings (SSSR count). The van der Waals surface area contributed by atoms with Gasteiger partial charge in [0.1, 0.15) is 5.75 Å². The van der Waals surface area contributed by atoms with Gasteiger partial charge in [-0.2, -0.15) is 20.1 Å². The molecule has 8 heteroatoms. The van der Waals surface area contributed by atoms with Crippen molar-refractivity contribution in [3.8, 4) is 5.75 Å². The van der Waals surface area contributed by atoms with Crippen molar-refractivity contribution in [3.63, 3.8) is 0 Å². The highest BCUT2D eigenvalue weighted by atomic mass is 16.5. The van der Waals surface area contributed by atoms with Crippen LogP contribution in [0.2, 0.25) is 0 Å². The third kappa shape index (κ3) is 5.45. The molecule has 0 saturated heterocycles. The van der Waals surface area contributed by atoms with Gasteiger partial charge < -0.3 is 15.4 Å². The van der Waals surface area contributed by atoms with Crippen LogP contribution in [-0.4, -0.2) is 28.3 Å². The highest BCUT2D eigenvalue weighted by Crippen LogP contribution is 2.27. The number of nitrogens with zero attached hydrogens (tertiary/aromatic N) is 4. The summed E-state index contributed by atoms with van der Waals surface area (Å²) in [6.45, 7) is 0. The largest absolute Gasteiger partial charge is 0.497 e. The number of benzene rings is 5. The summed E-state index contributed by atoms with van der Waals surface area (Å²) >= 11 is 0. The minimum Gasteiger partial charge on any atom is -0.497 e. The number of nitrogens with one attached hydrogen (secondary N) is 3. The van der Waals surface area contributed by atoms with Crippen molar-refractivity contribution >= 4 is 57.0 Å². The van der Waals surface area contributed by atoms with E-state index in [9.17, 15) is 0 Å². The van der Waals surface area contributed by atoms with Crippen LogP contribution < -0.4 is 20.8 Å². The lowest BCUT2D eigenvalue weighted by Gasteiger charge is -2.11. The van der Waals surface area contributed by atoms with Crippen LogP contribution in [0.3, 0.4) is 0 Å². The Balaban J connectivity index is 1.33. The van der Waals surface area contributed by atoms with E-state index in [0.717, 1.165) is 44.2 Å². The lowest BCUT2D eigenvalue weighted by atomic mass is 9.97. The van der Waals surface area contributed by atoms with Crippen molar-refractivity contribution in [1.29, 1.82) is 0 Å². The van der Waals surface area contributed by atoms with E-state index in [2.05, 4.69) is 66.4 Å². The predicted molar refractivity (Wildman–Crippen MR) is 158 cm³/mol. The van der Waals surface area contributed by atoms with Crippen LogP contribution in [0.25, 0.3) is 21.5 Å². The average Bonchev–Trinajstić information content (AvgIpc) is 2.97. The second-order valence-corrected chi connectivity index (χ2v) is 8.75. The first kappa shape index (κ1) is 23.9. The molecule has 0 fully saturated rings. The molecule has 3 N–H and O–H groups in total. The van der Waals surface area contributed by atoms with E-state index in [1.807, 2.05) is 85.1 Å². The Morgan fingerprint density at radius 1 is 0.615 bits per heavy atom. The third-order valence-corrected chi connectivity index (χ3v) is 6.18. The van der Waals surface area contributed by atoms with E-state index in [1.165, 1.54) is 0 Å². The van der Waals surface area contributed by atoms with Crippen LogP contribution >= 0.6 is 0 Å². The average molecular weight is 512 g/mol. The zero-order chi connectivity index (χ0) is 26.4. The predicted octanol–water partition coefficient (Wildman–Crippen LogP) is 7.12. The van der Waals surface area contributed by atoms with Gasteiger partial charge in [-0.3, -0.25) is 0 Å². The number of hydrazone groups is 1. The Labute approximate surface area is 225 Å². The van der Waals surface area contributed by atoms with Crippen LogP contribution in [-0.2, 0) is 0 Å². The lowest BCUT2D eigenvalue weighted by Crippen LogP contribution is -2.07. The maximum Gasteiger partial charge on any atom is 0.250 e. The van der Waals surface area contributed by atoms with E-state index in [1.54, 1.807) is 7.11 Å². The first-order chi connectivity index (χ1) is 19.2. The summed E-state index contributed by atoms with van der Waals surface area (Å²) in [6.07, 6.45) is 1.81. The van der Waals surface area contributed by atoms with Gasteiger partial charge in [0.05, 0.1) is 13.3 Å². The van der Waals surface area contributed by atoms with Crippen LogP contribution in [0, 0.1) is 0 Å². The van der Waals surface area contributed by atoms with Crippen LogP contribution in [0.5, 0.6) is 5.75 Å². The van der Waals surface area contributed by atoms with Crippen LogP contribution in [0.15, 0.2) is 114 Å². The van der Waals surface area contributed by atoms with E-state index in [-0.39, 0.29) is 0 Å². The number of aromatic nitrogens is 3. The van der Waals surface area contributed by atoms with Crippen molar-refractivity contribution in [2.24, 2.45) is 5.10 Å². The molecule has 6 aromatic rings. The molecule has 8 nitrogen and oxygen atoms in total. The summed E-state index contributed by atoms with van der Waals surface area (Å²) in [7, 11) is 1.63. The molecule has 0 unspecified atom stereocenters. The Bertz CT molecular complexity index is 1720. The van der Waals surface area contributed by atoms with Gasteiger partial charge in [-0.15, -0.1) is 0 Å². The molecule has 1 heterocycles. The molecule has 0 spiro atoms. The molecular formula is C31H25N7O.